The topological polar surface area (TPSA) is 30.2 Å². The highest BCUT2D eigenvalue weighted by Gasteiger charge is 2.09. The largest absolute Gasteiger partial charge is 0.464 e. The summed E-state index contributed by atoms with van der Waals surface area (Å²) >= 11 is 0. The summed E-state index contributed by atoms with van der Waals surface area (Å²) < 4.78 is 0. The molecule has 3 heteroatoms. The van der Waals surface area contributed by atoms with Crippen molar-refractivity contribution in [3.8, 4) is 0 Å². The zero-order chi connectivity index (χ0) is 9.10. The van der Waals surface area contributed by atoms with Crippen LogP contribution in [-0.4, -0.2) is 23.1 Å². The lowest BCUT2D eigenvalue weighted by Gasteiger charge is -2.24. The molecule has 0 fully saturated rings. The molecule has 1 atom stereocenters. The first kappa shape index (κ1) is 8.38. The molecule has 0 bridgehead atoms. The van der Waals surface area contributed by atoms with Gasteiger partial charge in [0.15, 0.2) is 0 Å². The zero-order valence-electron chi connectivity index (χ0n) is 7.53. The van der Waals surface area contributed by atoms with Crippen LogP contribution < -0.4 is 4.90 Å². The second-order valence-corrected chi connectivity index (χ2v) is 3.31. The Morgan fingerprint density at radius 3 is 2.69 bits per heavy atom. The van der Waals surface area contributed by atoms with Crippen molar-refractivity contribution in [2.75, 3.05) is 13.1 Å². The molecule has 1 N–H and O–H groups in total. The average Bonchev–Trinajstić information content (AvgIpc) is 2.20. The Labute approximate surface area is 78.1 Å². The molecule has 0 radical (unpaired) electrons. The van der Waals surface area contributed by atoms with Gasteiger partial charge in [-0.2, -0.15) is 7.05 Å². The minimum absolute atomic E-state index is 1.00. The predicted octanol–water partition coefficient (Wildman–Crippen LogP) is -0.0598. The molecule has 0 saturated heterocycles. The second kappa shape index (κ2) is 3.66. The van der Waals surface area contributed by atoms with Crippen LogP contribution in [-0.2, 0) is 0 Å². The molecule has 0 amide bonds. The molecule has 1 aliphatic rings. The molecule has 0 aromatic carbocycles. The van der Waals surface area contributed by atoms with Crippen LogP contribution >= 0.6 is 0 Å². The van der Waals surface area contributed by atoms with Crippen LogP contribution in [0, 0.1) is 7.05 Å². The standard InChI is InChI=1S/C10H13N3/c1-13-4-2-9(3-5-13)10-6-11-8-12-7-10/h2,6-8,13H,1,3-5H2. The number of quaternary nitrogens is 1. The van der Waals surface area contributed by atoms with Crippen molar-refractivity contribution in [1.29, 1.82) is 0 Å². The maximum absolute atomic E-state index is 4.00. The molecular weight excluding hydrogens is 162 g/mol. The molecule has 2 rings (SSSR count). The van der Waals surface area contributed by atoms with E-state index in [9.17, 15) is 0 Å². The van der Waals surface area contributed by atoms with E-state index >= 15 is 0 Å². The lowest BCUT2D eigenvalue weighted by molar-refractivity contribution is -0.848. The Morgan fingerprint density at radius 1 is 1.31 bits per heavy atom. The molecule has 1 unspecified atom stereocenters. The zero-order valence-corrected chi connectivity index (χ0v) is 7.53. The van der Waals surface area contributed by atoms with Gasteiger partial charge in [-0.15, -0.1) is 0 Å². The average molecular weight is 175 g/mol. The summed E-state index contributed by atoms with van der Waals surface area (Å²) in [5.41, 5.74) is 2.50. The minimum Gasteiger partial charge on any atom is -0.464 e. The van der Waals surface area contributed by atoms with Crippen molar-refractivity contribution >= 4 is 5.57 Å². The summed E-state index contributed by atoms with van der Waals surface area (Å²) in [5, 5.41) is 0. The van der Waals surface area contributed by atoms with Gasteiger partial charge in [0.05, 0.1) is 13.1 Å². The Morgan fingerprint density at radius 2 is 2.08 bits per heavy atom. The Kier molecular flexibility index (Phi) is 2.36. The molecule has 0 aliphatic carbocycles. The van der Waals surface area contributed by atoms with Crippen molar-refractivity contribution in [3.63, 3.8) is 0 Å². The van der Waals surface area contributed by atoms with E-state index in [1.807, 2.05) is 12.4 Å². The molecule has 0 spiro atoms. The van der Waals surface area contributed by atoms with E-state index in [-0.39, 0.29) is 0 Å². The fourth-order valence-corrected chi connectivity index (χ4v) is 1.51. The van der Waals surface area contributed by atoms with Gasteiger partial charge in [0.2, 0.25) is 0 Å². The first-order valence-corrected chi connectivity index (χ1v) is 4.47. The lowest BCUT2D eigenvalue weighted by atomic mass is 10.0. The van der Waals surface area contributed by atoms with Gasteiger partial charge >= 0.3 is 0 Å². The molecule has 13 heavy (non-hydrogen) atoms. The predicted molar refractivity (Wildman–Crippen MR) is 50.7 cm³/mol. The van der Waals surface area contributed by atoms with Gasteiger partial charge in [-0.05, 0) is 11.6 Å². The summed E-state index contributed by atoms with van der Waals surface area (Å²) in [4.78, 5) is 9.33. The fourth-order valence-electron chi connectivity index (χ4n) is 1.51. The Bertz CT molecular complexity index is 305. The summed E-state index contributed by atoms with van der Waals surface area (Å²) in [6.45, 7) is 2.10. The van der Waals surface area contributed by atoms with Crippen LogP contribution in [0.4, 0.5) is 0 Å². The Balaban J connectivity index is 2.19. The molecule has 3 nitrogen and oxygen atoms in total. The third-order valence-corrected chi connectivity index (χ3v) is 2.32. The van der Waals surface area contributed by atoms with Crippen molar-refractivity contribution in [1.82, 2.24) is 9.97 Å². The first-order chi connectivity index (χ1) is 6.36. The van der Waals surface area contributed by atoms with Gasteiger partial charge < -0.3 is 4.90 Å². The monoisotopic (exact) mass is 175 g/mol. The number of rotatable bonds is 1. The van der Waals surface area contributed by atoms with E-state index in [2.05, 4.69) is 23.1 Å². The molecular formula is C10H13N3. The van der Waals surface area contributed by atoms with Crippen LogP contribution in [0.2, 0.25) is 0 Å². The highest BCUT2D eigenvalue weighted by Crippen LogP contribution is 2.15. The third kappa shape index (κ3) is 1.92. The summed E-state index contributed by atoms with van der Waals surface area (Å²) in [6, 6.07) is 0. The molecule has 2 heterocycles. The lowest BCUT2D eigenvalue weighted by Crippen LogP contribution is -3.07. The molecule has 1 aromatic heterocycles. The summed E-state index contributed by atoms with van der Waals surface area (Å²) in [6.07, 6.45) is 8.60. The van der Waals surface area contributed by atoms with Gasteiger partial charge in [-0.3, -0.25) is 0 Å². The number of hydrogen-bond donors (Lipinski definition) is 1. The van der Waals surface area contributed by atoms with Crippen LogP contribution in [0.1, 0.15) is 12.0 Å². The van der Waals surface area contributed by atoms with Crippen LogP contribution in [0.25, 0.3) is 5.57 Å². The molecule has 1 aliphatic heterocycles. The summed E-state index contributed by atoms with van der Waals surface area (Å²) in [5.74, 6) is 0. The normalized spacial score (nSPS) is 22.5. The second-order valence-electron chi connectivity index (χ2n) is 3.31. The third-order valence-electron chi connectivity index (χ3n) is 2.32. The van der Waals surface area contributed by atoms with E-state index in [0.717, 1.165) is 25.1 Å². The van der Waals surface area contributed by atoms with Crippen LogP contribution in [0.5, 0.6) is 0 Å². The quantitative estimate of drug-likeness (QED) is 0.606. The van der Waals surface area contributed by atoms with Crippen molar-refractivity contribution in [2.45, 2.75) is 6.42 Å². The highest BCUT2D eigenvalue weighted by molar-refractivity contribution is 5.64. The first-order valence-electron chi connectivity index (χ1n) is 4.47. The molecule has 1 aromatic rings. The molecule has 0 saturated carbocycles. The maximum Gasteiger partial charge on any atom is 0.115 e. The maximum atomic E-state index is 4.00. The Hall–Kier alpha value is -1.22. The fraction of sp³-hybridized carbons (Fsp3) is 0.300. The van der Waals surface area contributed by atoms with E-state index in [4.69, 9.17) is 0 Å². The van der Waals surface area contributed by atoms with E-state index in [1.54, 1.807) is 6.33 Å². The number of hydrogen-bond acceptors (Lipinski definition) is 2. The van der Waals surface area contributed by atoms with Gasteiger partial charge in [0, 0.05) is 24.4 Å². The molecule has 68 valence electrons. The van der Waals surface area contributed by atoms with Gasteiger partial charge in [-0.25, -0.2) is 9.97 Å². The van der Waals surface area contributed by atoms with Crippen molar-refractivity contribution in [3.05, 3.63) is 37.4 Å². The van der Waals surface area contributed by atoms with E-state index in [1.165, 1.54) is 10.5 Å². The van der Waals surface area contributed by atoms with Gasteiger partial charge in [0.1, 0.15) is 6.33 Å². The van der Waals surface area contributed by atoms with Crippen LogP contribution in [0.3, 0.4) is 0 Å². The van der Waals surface area contributed by atoms with Crippen molar-refractivity contribution in [2.24, 2.45) is 0 Å². The minimum atomic E-state index is 1.00. The summed E-state index contributed by atoms with van der Waals surface area (Å²) in [7, 11) is 3.97. The number of nitrogens with one attached hydrogen (secondary N) is 1. The van der Waals surface area contributed by atoms with E-state index < -0.39 is 0 Å². The van der Waals surface area contributed by atoms with E-state index in [0.29, 0.717) is 0 Å². The smallest absolute Gasteiger partial charge is 0.115 e. The highest BCUT2D eigenvalue weighted by atomic mass is 15.1. The number of aromatic nitrogens is 2. The van der Waals surface area contributed by atoms with Crippen molar-refractivity contribution < 1.29 is 4.90 Å². The SMILES string of the molecule is [CH2-][NH+]1CC=C(c2cncnc2)CC1. The van der Waals surface area contributed by atoms with Gasteiger partial charge in [0.25, 0.3) is 0 Å². The van der Waals surface area contributed by atoms with Gasteiger partial charge in [-0.1, -0.05) is 0 Å². The number of nitrogens with zero attached hydrogens (tertiary/aromatic N) is 2. The van der Waals surface area contributed by atoms with Crippen LogP contribution in [0.15, 0.2) is 24.8 Å².